The first kappa shape index (κ1) is 24.0. The van der Waals surface area contributed by atoms with Crippen LogP contribution in [-0.4, -0.2) is 37.0 Å². The first-order valence-corrected chi connectivity index (χ1v) is 10.8. The minimum atomic E-state index is -0.0591. The zero-order valence-corrected chi connectivity index (χ0v) is 17.9. The average molecular weight is 381 g/mol. The van der Waals surface area contributed by atoms with Gasteiger partial charge in [0.1, 0.15) is 6.10 Å². The summed E-state index contributed by atoms with van der Waals surface area (Å²) in [5.74, 6) is 2.57. The van der Waals surface area contributed by atoms with Gasteiger partial charge in [-0.3, -0.25) is 4.79 Å². The molecular weight excluding hydrogens is 340 g/mol. The fourth-order valence-corrected chi connectivity index (χ4v) is 3.56. The second-order valence-electron chi connectivity index (χ2n) is 8.28. The third-order valence-electron chi connectivity index (χ3n) is 4.89. The van der Waals surface area contributed by atoms with Crippen LogP contribution in [0.2, 0.25) is 0 Å². The summed E-state index contributed by atoms with van der Waals surface area (Å²) in [6.07, 6.45) is 16.1. The quantitative estimate of drug-likeness (QED) is 0.220. The van der Waals surface area contributed by atoms with Crippen molar-refractivity contribution in [3.63, 3.8) is 0 Å². The van der Waals surface area contributed by atoms with Crippen LogP contribution in [-0.2, 0) is 19.0 Å². The van der Waals surface area contributed by atoms with Gasteiger partial charge in [0.25, 0.3) is 0 Å². The predicted octanol–water partition coefficient (Wildman–Crippen LogP) is 5.28. The molecule has 0 aromatic heterocycles. The Balaban J connectivity index is 2.25. The molecule has 1 aliphatic rings. The molecule has 0 aromatic rings. The summed E-state index contributed by atoms with van der Waals surface area (Å²) < 4.78 is 17.3. The summed E-state index contributed by atoms with van der Waals surface area (Å²) in [6, 6.07) is 0. The van der Waals surface area contributed by atoms with E-state index >= 15 is 0 Å². The second kappa shape index (κ2) is 14.0. The molecule has 156 valence electrons. The molecule has 0 aromatic carbocycles. The minimum absolute atomic E-state index is 0.0493. The van der Waals surface area contributed by atoms with E-state index < -0.39 is 0 Å². The Labute approximate surface area is 166 Å². The zero-order valence-electron chi connectivity index (χ0n) is 17.9. The van der Waals surface area contributed by atoms with E-state index in [0.717, 1.165) is 32.1 Å². The van der Waals surface area contributed by atoms with Gasteiger partial charge in [0.05, 0.1) is 30.8 Å². The number of carbonyl (C=O) groups is 1. The van der Waals surface area contributed by atoms with Gasteiger partial charge in [0, 0.05) is 6.42 Å². The lowest BCUT2D eigenvalue weighted by molar-refractivity contribution is -0.146. The lowest BCUT2D eigenvalue weighted by atomic mass is 9.95. The number of rotatable bonds is 15. The molecule has 27 heavy (non-hydrogen) atoms. The fraction of sp³-hybridized carbons (Fsp3) is 0.870. The summed E-state index contributed by atoms with van der Waals surface area (Å²) >= 11 is 0. The van der Waals surface area contributed by atoms with Crippen LogP contribution in [0.25, 0.3) is 0 Å². The number of terminal acetylenes is 1. The van der Waals surface area contributed by atoms with E-state index in [9.17, 15) is 4.79 Å². The second-order valence-corrected chi connectivity index (χ2v) is 8.28. The largest absolute Gasteiger partial charge is 0.462 e. The summed E-state index contributed by atoms with van der Waals surface area (Å²) in [4.78, 5) is 12.2. The lowest BCUT2D eigenvalue weighted by Gasteiger charge is -2.23. The molecule has 1 heterocycles. The molecule has 4 heteroatoms. The molecule has 4 nitrogen and oxygen atoms in total. The molecule has 1 saturated heterocycles. The maximum atomic E-state index is 12.2. The smallest absolute Gasteiger partial charge is 0.309 e. The van der Waals surface area contributed by atoms with E-state index in [1.807, 2.05) is 27.7 Å². The molecular formula is C23H40O4. The number of unbranched alkanes of at least 4 members (excludes halogenated alkanes) is 6. The maximum absolute atomic E-state index is 12.2. The lowest BCUT2D eigenvalue weighted by Crippen LogP contribution is -2.29. The van der Waals surface area contributed by atoms with E-state index in [4.69, 9.17) is 20.6 Å². The van der Waals surface area contributed by atoms with Crippen LogP contribution in [0.3, 0.4) is 0 Å². The van der Waals surface area contributed by atoms with Crippen LogP contribution in [0.4, 0.5) is 0 Å². The molecule has 3 unspecified atom stereocenters. The Hall–Kier alpha value is -1.05. The van der Waals surface area contributed by atoms with Crippen molar-refractivity contribution in [2.45, 2.75) is 116 Å². The van der Waals surface area contributed by atoms with Gasteiger partial charge in [-0.15, -0.1) is 12.3 Å². The third kappa shape index (κ3) is 11.4. The molecule has 0 saturated carbocycles. The number of ether oxygens (including phenoxy) is 3. The van der Waals surface area contributed by atoms with Gasteiger partial charge in [0.15, 0.2) is 0 Å². The zero-order chi connectivity index (χ0) is 20.1. The van der Waals surface area contributed by atoms with E-state index in [-0.39, 0.29) is 36.3 Å². The van der Waals surface area contributed by atoms with Crippen molar-refractivity contribution in [1.82, 2.24) is 0 Å². The van der Waals surface area contributed by atoms with Gasteiger partial charge < -0.3 is 14.2 Å². The highest BCUT2D eigenvalue weighted by atomic mass is 16.6. The average Bonchev–Trinajstić information content (AvgIpc) is 2.94. The van der Waals surface area contributed by atoms with Crippen molar-refractivity contribution in [2.24, 2.45) is 5.92 Å². The third-order valence-corrected chi connectivity index (χ3v) is 4.89. The Morgan fingerprint density at radius 1 is 1.07 bits per heavy atom. The molecule has 0 spiro atoms. The van der Waals surface area contributed by atoms with Crippen molar-refractivity contribution in [3.05, 3.63) is 0 Å². The maximum Gasteiger partial charge on any atom is 0.309 e. The predicted molar refractivity (Wildman–Crippen MR) is 109 cm³/mol. The van der Waals surface area contributed by atoms with Gasteiger partial charge in [-0.1, -0.05) is 25.7 Å². The number of carbonyl (C=O) groups excluding carboxylic acids is 1. The molecule has 0 N–H and O–H groups in total. The first-order chi connectivity index (χ1) is 12.9. The van der Waals surface area contributed by atoms with Crippen LogP contribution in [0.5, 0.6) is 0 Å². The monoisotopic (exact) mass is 380 g/mol. The molecule has 1 fully saturated rings. The summed E-state index contributed by atoms with van der Waals surface area (Å²) in [7, 11) is 0. The fourth-order valence-electron chi connectivity index (χ4n) is 3.56. The number of cyclic esters (lactones) is 1. The number of esters is 1. The molecule has 0 amide bonds. The highest BCUT2D eigenvalue weighted by molar-refractivity contribution is 5.74. The van der Waals surface area contributed by atoms with Gasteiger partial charge in [-0.25, -0.2) is 0 Å². The Kier molecular flexibility index (Phi) is 12.5. The molecule has 0 bridgehead atoms. The number of hydrogen-bond donors (Lipinski definition) is 0. The Bertz CT molecular complexity index is 438. The topological polar surface area (TPSA) is 44.8 Å². The number of hydrogen-bond acceptors (Lipinski definition) is 4. The first-order valence-electron chi connectivity index (χ1n) is 10.8. The van der Waals surface area contributed by atoms with Gasteiger partial charge in [-0.2, -0.15) is 0 Å². The van der Waals surface area contributed by atoms with Gasteiger partial charge >= 0.3 is 5.97 Å². The van der Waals surface area contributed by atoms with Crippen molar-refractivity contribution < 1.29 is 19.0 Å². The van der Waals surface area contributed by atoms with Crippen LogP contribution in [0, 0.1) is 18.3 Å². The van der Waals surface area contributed by atoms with Gasteiger partial charge in [-0.05, 0) is 59.8 Å². The minimum Gasteiger partial charge on any atom is -0.462 e. The van der Waals surface area contributed by atoms with E-state index in [1.54, 1.807) is 0 Å². The molecule has 0 aliphatic carbocycles. The summed E-state index contributed by atoms with van der Waals surface area (Å²) in [6.45, 7) is 8.60. The van der Waals surface area contributed by atoms with Crippen molar-refractivity contribution in [2.75, 3.05) is 6.61 Å². The van der Waals surface area contributed by atoms with Crippen LogP contribution in [0.15, 0.2) is 0 Å². The standard InChI is InChI=1S/C23H40O4/c1-6-7-8-9-10-11-12-13-14-21-15-20(23(24)27-21)16-22(26-19(4)5)17-25-18(2)3/h1,18-22H,7-17H2,2-5H3. The SMILES string of the molecule is C#CCCCCCCCCC1CC(CC(COC(C)C)OC(C)C)C(=O)O1. The van der Waals surface area contributed by atoms with Crippen LogP contribution >= 0.6 is 0 Å². The van der Waals surface area contributed by atoms with Crippen molar-refractivity contribution in [3.8, 4) is 12.3 Å². The Morgan fingerprint density at radius 3 is 2.37 bits per heavy atom. The molecule has 3 atom stereocenters. The molecule has 1 rings (SSSR count). The highest BCUT2D eigenvalue weighted by Gasteiger charge is 2.36. The summed E-state index contributed by atoms with van der Waals surface area (Å²) in [5.41, 5.74) is 0. The van der Waals surface area contributed by atoms with Crippen LogP contribution in [0.1, 0.15) is 91.9 Å². The van der Waals surface area contributed by atoms with E-state index in [0.29, 0.717) is 13.0 Å². The summed E-state index contributed by atoms with van der Waals surface area (Å²) in [5, 5.41) is 0. The van der Waals surface area contributed by atoms with Gasteiger partial charge in [0.2, 0.25) is 0 Å². The van der Waals surface area contributed by atoms with Crippen LogP contribution < -0.4 is 0 Å². The highest BCUT2D eigenvalue weighted by Crippen LogP contribution is 2.29. The van der Waals surface area contributed by atoms with E-state index in [1.165, 1.54) is 25.7 Å². The Morgan fingerprint density at radius 2 is 1.74 bits per heavy atom. The molecule has 1 aliphatic heterocycles. The van der Waals surface area contributed by atoms with Crippen molar-refractivity contribution in [1.29, 1.82) is 0 Å². The van der Waals surface area contributed by atoms with E-state index in [2.05, 4.69) is 5.92 Å². The molecule has 0 radical (unpaired) electrons. The normalized spacial score (nSPS) is 20.9. The van der Waals surface area contributed by atoms with Crippen molar-refractivity contribution >= 4 is 5.97 Å².